The largest absolute Gasteiger partial charge is 0.254 e. The highest BCUT2D eigenvalue weighted by Crippen LogP contribution is 2.67. The van der Waals surface area contributed by atoms with Crippen LogP contribution in [0.4, 0.5) is 8.78 Å². The Hall–Kier alpha value is -0.335. The van der Waals surface area contributed by atoms with Crippen LogP contribution in [0.5, 0.6) is 0 Å². The van der Waals surface area contributed by atoms with Gasteiger partial charge in [-0.25, -0.2) is 8.78 Å². The molecule has 0 aromatic carbocycles. The van der Waals surface area contributed by atoms with Gasteiger partial charge in [0.15, 0.2) is 6.71 Å². The predicted octanol–water partition coefficient (Wildman–Crippen LogP) is 5.22. The lowest BCUT2D eigenvalue weighted by molar-refractivity contribution is 0.0598. The van der Waals surface area contributed by atoms with Crippen molar-refractivity contribution in [2.75, 3.05) is 0 Å². The van der Waals surface area contributed by atoms with Crippen molar-refractivity contribution in [1.29, 1.82) is 0 Å². The smallest absolute Gasteiger partial charge is 0.206 e. The van der Waals surface area contributed by atoms with Crippen LogP contribution in [0.1, 0.15) is 53.4 Å². The molecule has 0 bridgehead atoms. The van der Waals surface area contributed by atoms with Crippen LogP contribution >= 0.6 is 0 Å². The second-order valence-electron chi connectivity index (χ2n) is 8.52. The summed E-state index contributed by atoms with van der Waals surface area (Å²) >= 11 is 0. The first-order valence-corrected chi connectivity index (χ1v) is 7.65. The van der Waals surface area contributed by atoms with Gasteiger partial charge in [-0.05, 0) is 30.1 Å². The molecule has 1 spiro atoms. The van der Waals surface area contributed by atoms with Crippen molar-refractivity contribution < 1.29 is 8.78 Å². The SMILES string of the molecule is CC1(C)CB(C2=CCC3(CC2)CC3(F)F)CC1(C)C. The monoisotopic (exact) mass is 266 g/mol. The third-order valence-corrected chi connectivity index (χ3v) is 6.73. The third-order valence-electron chi connectivity index (χ3n) is 6.73. The highest BCUT2D eigenvalue weighted by Gasteiger charge is 2.70. The number of rotatable bonds is 1. The van der Waals surface area contributed by atoms with Gasteiger partial charge in [0.05, 0.1) is 0 Å². The maximum atomic E-state index is 13.4. The van der Waals surface area contributed by atoms with Crippen LogP contribution in [0, 0.1) is 16.2 Å². The molecular formula is C16H25BF2. The van der Waals surface area contributed by atoms with Crippen molar-refractivity contribution in [3.8, 4) is 0 Å². The number of hydrogen-bond acceptors (Lipinski definition) is 0. The fourth-order valence-electron chi connectivity index (χ4n) is 4.28. The highest BCUT2D eigenvalue weighted by atomic mass is 19.3. The first-order valence-electron chi connectivity index (χ1n) is 7.65. The number of hydrogen-bond donors (Lipinski definition) is 0. The van der Waals surface area contributed by atoms with E-state index in [1.807, 2.05) is 0 Å². The van der Waals surface area contributed by atoms with Crippen LogP contribution in [0.15, 0.2) is 11.5 Å². The molecule has 0 aromatic heterocycles. The minimum absolute atomic E-state index is 0.130. The minimum atomic E-state index is -2.37. The molecule has 0 nitrogen and oxygen atoms in total. The third kappa shape index (κ3) is 1.91. The molecule has 0 aromatic rings. The Morgan fingerprint density at radius 3 is 1.95 bits per heavy atom. The normalized spacial score (nSPS) is 38.4. The summed E-state index contributed by atoms with van der Waals surface area (Å²) in [5.74, 6) is -2.37. The molecule has 3 aliphatic rings. The van der Waals surface area contributed by atoms with E-state index in [-0.39, 0.29) is 6.42 Å². The predicted molar refractivity (Wildman–Crippen MR) is 76.9 cm³/mol. The van der Waals surface area contributed by atoms with Crippen LogP contribution in [0.3, 0.4) is 0 Å². The van der Waals surface area contributed by atoms with Crippen LogP contribution in [0.2, 0.25) is 12.6 Å². The van der Waals surface area contributed by atoms with E-state index in [9.17, 15) is 8.78 Å². The lowest BCUT2D eigenvalue weighted by atomic mass is 9.40. The molecule has 2 aliphatic carbocycles. The van der Waals surface area contributed by atoms with Gasteiger partial charge in [-0.2, -0.15) is 0 Å². The Balaban J connectivity index is 1.72. The molecule has 0 radical (unpaired) electrons. The van der Waals surface area contributed by atoms with Crippen LogP contribution < -0.4 is 0 Å². The first-order chi connectivity index (χ1) is 8.59. The average molecular weight is 266 g/mol. The van der Waals surface area contributed by atoms with Crippen LogP contribution in [-0.4, -0.2) is 12.6 Å². The quantitative estimate of drug-likeness (QED) is 0.570. The summed E-state index contributed by atoms with van der Waals surface area (Å²) in [6.45, 7) is 10.1. The molecule has 106 valence electrons. The molecule has 1 saturated heterocycles. The van der Waals surface area contributed by atoms with E-state index in [4.69, 9.17) is 0 Å². The van der Waals surface area contributed by atoms with Gasteiger partial charge in [0.2, 0.25) is 0 Å². The van der Waals surface area contributed by atoms with Gasteiger partial charge >= 0.3 is 0 Å². The Labute approximate surface area is 116 Å². The molecule has 0 N–H and O–H groups in total. The zero-order chi connectivity index (χ0) is 14.1. The molecule has 3 rings (SSSR count). The van der Waals surface area contributed by atoms with Gasteiger partial charge in [-0.3, -0.25) is 0 Å². The van der Waals surface area contributed by atoms with Crippen LogP contribution in [-0.2, 0) is 0 Å². The van der Waals surface area contributed by atoms with Crippen molar-refractivity contribution in [3.63, 3.8) is 0 Å². The van der Waals surface area contributed by atoms with Gasteiger partial charge in [0.25, 0.3) is 5.92 Å². The molecule has 1 atom stereocenters. The molecule has 19 heavy (non-hydrogen) atoms. The van der Waals surface area contributed by atoms with Gasteiger partial charge in [-0.1, -0.05) is 46.4 Å². The van der Waals surface area contributed by atoms with Crippen LogP contribution in [0.25, 0.3) is 0 Å². The summed E-state index contributed by atoms with van der Waals surface area (Å²) in [5, 5.41) is 0. The summed E-state index contributed by atoms with van der Waals surface area (Å²) < 4.78 is 26.8. The molecule has 1 unspecified atom stereocenters. The fourth-order valence-corrected chi connectivity index (χ4v) is 4.28. The summed E-state index contributed by atoms with van der Waals surface area (Å²) in [6.07, 6.45) is 6.98. The van der Waals surface area contributed by atoms with E-state index >= 15 is 0 Å². The lowest BCUT2D eigenvalue weighted by Gasteiger charge is -2.35. The number of alkyl halides is 2. The minimum Gasteiger partial charge on any atom is -0.206 e. The standard InChI is InChI=1S/C16H25BF2/c1-13(2)10-17(11-14(13,3)4)12-5-7-15(8-6-12)9-16(15,18)19/h5H,6-11H2,1-4H3. The second kappa shape index (κ2) is 3.65. The Morgan fingerprint density at radius 1 is 1.05 bits per heavy atom. The van der Waals surface area contributed by atoms with Crippen molar-refractivity contribution in [1.82, 2.24) is 0 Å². The average Bonchev–Trinajstić information content (AvgIpc) is 2.69. The zero-order valence-corrected chi connectivity index (χ0v) is 12.7. The highest BCUT2D eigenvalue weighted by molar-refractivity contribution is 6.68. The van der Waals surface area contributed by atoms with Crippen molar-refractivity contribution in [2.45, 2.75) is 71.9 Å². The molecular weight excluding hydrogens is 241 g/mol. The number of halogens is 2. The molecule has 3 heteroatoms. The van der Waals surface area contributed by atoms with Crippen molar-refractivity contribution >= 4 is 6.71 Å². The molecule has 1 aliphatic heterocycles. The van der Waals surface area contributed by atoms with E-state index < -0.39 is 11.3 Å². The van der Waals surface area contributed by atoms with Gasteiger partial charge < -0.3 is 0 Å². The maximum Gasteiger partial charge on any atom is 0.254 e. The zero-order valence-electron chi connectivity index (χ0n) is 12.7. The van der Waals surface area contributed by atoms with E-state index in [0.717, 1.165) is 6.42 Å². The molecule has 1 heterocycles. The van der Waals surface area contributed by atoms with Gasteiger partial charge in [-0.15, -0.1) is 5.47 Å². The molecule has 1 saturated carbocycles. The Morgan fingerprint density at radius 2 is 1.58 bits per heavy atom. The Bertz CT molecular complexity index is 420. The van der Waals surface area contributed by atoms with E-state index in [0.29, 0.717) is 30.4 Å². The maximum absolute atomic E-state index is 13.4. The van der Waals surface area contributed by atoms with E-state index in [1.54, 1.807) is 0 Å². The molecule has 2 fully saturated rings. The van der Waals surface area contributed by atoms with Crippen molar-refractivity contribution in [2.24, 2.45) is 16.2 Å². The second-order valence-corrected chi connectivity index (χ2v) is 8.52. The Kier molecular flexibility index (Phi) is 2.62. The van der Waals surface area contributed by atoms with E-state index in [1.165, 1.54) is 18.1 Å². The first kappa shape index (κ1) is 13.6. The summed E-state index contributed by atoms with van der Waals surface area (Å²) in [4.78, 5) is 0. The fraction of sp³-hybridized carbons (Fsp3) is 0.875. The summed E-state index contributed by atoms with van der Waals surface area (Å²) in [5.41, 5.74) is 1.56. The number of allylic oxidation sites excluding steroid dienone is 2. The summed E-state index contributed by atoms with van der Waals surface area (Å²) in [7, 11) is 0. The summed E-state index contributed by atoms with van der Waals surface area (Å²) in [6, 6.07) is 0. The lowest BCUT2D eigenvalue weighted by Crippen LogP contribution is -2.24. The topological polar surface area (TPSA) is 0 Å². The van der Waals surface area contributed by atoms with E-state index in [2.05, 4.69) is 33.8 Å². The molecule has 0 amide bonds. The van der Waals surface area contributed by atoms with Crippen molar-refractivity contribution in [3.05, 3.63) is 11.5 Å². The van der Waals surface area contributed by atoms with Gasteiger partial charge in [0, 0.05) is 11.8 Å². The van der Waals surface area contributed by atoms with Gasteiger partial charge in [0.1, 0.15) is 0 Å².